The fourth-order valence-corrected chi connectivity index (χ4v) is 2.76. The van der Waals surface area contributed by atoms with Gasteiger partial charge in [0.05, 0.1) is 0 Å². The first-order chi connectivity index (χ1) is 9.65. The summed E-state index contributed by atoms with van der Waals surface area (Å²) < 4.78 is 1.47. The van der Waals surface area contributed by atoms with Gasteiger partial charge in [-0.05, 0) is 6.07 Å². The Morgan fingerprint density at radius 3 is 2.65 bits per heavy atom. The van der Waals surface area contributed by atoms with Crippen LogP contribution in [0.5, 0.6) is 0 Å². The maximum atomic E-state index is 12.3. The van der Waals surface area contributed by atoms with Crippen molar-refractivity contribution in [2.24, 2.45) is 7.05 Å². The van der Waals surface area contributed by atoms with E-state index in [4.69, 9.17) is 0 Å². The molecule has 0 radical (unpaired) electrons. The molecule has 2 aliphatic heterocycles. The summed E-state index contributed by atoms with van der Waals surface area (Å²) in [7, 11) is 1.68. The molecule has 3 heterocycles. The zero-order chi connectivity index (χ0) is 14.1. The monoisotopic (exact) mass is 276 g/mol. The average Bonchev–Trinajstić information content (AvgIpc) is 2.41. The Morgan fingerprint density at radius 2 is 2.00 bits per heavy atom. The molecule has 2 saturated heterocycles. The highest BCUT2D eigenvalue weighted by atomic mass is 16.2. The van der Waals surface area contributed by atoms with Gasteiger partial charge in [-0.25, -0.2) is 0 Å². The molecule has 0 unspecified atom stereocenters. The van der Waals surface area contributed by atoms with Crippen LogP contribution in [0.25, 0.3) is 0 Å². The number of nitrogens with one attached hydrogen (secondary N) is 1. The van der Waals surface area contributed by atoms with E-state index in [1.807, 2.05) is 4.90 Å². The van der Waals surface area contributed by atoms with E-state index < -0.39 is 0 Å². The topological polar surface area (TPSA) is 57.6 Å². The molecule has 0 bridgehead atoms. The van der Waals surface area contributed by atoms with Crippen LogP contribution in [0, 0.1) is 0 Å². The van der Waals surface area contributed by atoms with Gasteiger partial charge in [0, 0.05) is 70.2 Å². The number of carbonyl (C=O) groups excluding carboxylic acids is 1. The fraction of sp³-hybridized carbons (Fsp3) is 0.571. The molecule has 6 nitrogen and oxygen atoms in total. The molecule has 3 rings (SSSR count). The first kappa shape index (κ1) is 13.3. The average molecular weight is 276 g/mol. The Balaban J connectivity index is 1.60. The first-order valence-electron chi connectivity index (χ1n) is 7.06. The number of nitrogens with zero attached hydrogens (tertiary/aromatic N) is 3. The Morgan fingerprint density at radius 1 is 1.30 bits per heavy atom. The van der Waals surface area contributed by atoms with Gasteiger partial charge >= 0.3 is 0 Å². The predicted molar refractivity (Wildman–Crippen MR) is 75.8 cm³/mol. The number of aryl methyl sites for hydroxylation is 1. The predicted octanol–water partition coefficient (Wildman–Crippen LogP) is -0.885. The lowest BCUT2D eigenvalue weighted by atomic mass is 10.0. The van der Waals surface area contributed by atoms with Gasteiger partial charge in [-0.3, -0.25) is 14.5 Å². The van der Waals surface area contributed by atoms with Gasteiger partial charge in [-0.1, -0.05) is 0 Å². The largest absolute Gasteiger partial charge is 0.335 e. The number of rotatable bonds is 2. The second-order valence-corrected chi connectivity index (χ2v) is 5.51. The molecule has 2 aliphatic rings. The minimum Gasteiger partial charge on any atom is -0.335 e. The third-order valence-corrected chi connectivity index (χ3v) is 4.17. The van der Waals surface area contributed by atoms with E-state index in [1.165, 1.54) is 10.6 Å². The molecule has 2 fully saturated rings. The number of hydrogen-bond acceptors (Lipinski definition) is 4. The first-order valence-corrected chi connectivity index (χ1v) is 7.06. The minimum absolute atomic E-state index is 0.0333. The Bertz CT molecular complexity index is 557. The molecule has 0 spiro atoms. The molecule has 0 aliphatic carbocycles. The summed E-state index contributed by atoms with van der Waals surface area (Å²) in [6, 6.07) is 3.61. The fourth-order valence-electron chi connectivity index (χ4n) is 2.76. The van der Waals surface area contributed by atoms with Crippen LogP contribution in [-0.2, 0) is 7.05 Å². The number of carbonyl (C=O) groups is 1. The molecular formula is C14H20N4O2. The quantitative estimate of drug-likeness (QED) is 0.762. The van der Waals surface area contributed by atoms with E-state index in [1.54, 1.807) is 19.3 Å². The number of pyridine rings is 1. The summed E-state index contributed by atoms with van der Waals surface area (Å²) in [5, 5.41) is 3.33. The minimum atomic E-state index is -0.143. The zero-order valence-electron chi connectivity index (χ0n) is 11.7. The second kappa shape index (κ2) is 5.38. The summed E-state index contributed by atoms with van der Waals surface area (Å²) in [4.78, 5) is 28.1. The van der Waals surface area contributed by atoms with Gasteiger partial charge in [0.1, 0.15) is 0 Å². The van der Waals surface area contributed by atoms with Gasteiger partial charge in [0.2, 0.25) is 0 Å². The lowest BCUT2D eigenvalue weighted by Crippen LogP contribution is -2.63. The molecule has 0 aromatic carbocycles. The van der Waals surface area contributed by atoms with E-state index >= 15 is 0 Å². The Kier molecular flexibility index (Phi) is 3.58. The van der Waals surface area contributed by atoms with Gasteiger partial charge < -0.3 is 14.8 Å². The third-order valence-electron chi connectivity index (χ3n) is 4.17. The zero-order valence-corrected chi connectivity index (χ0v) is 11.7. The molecule has 0 saturated carbocycles. The highest BCUT2D eigenvalue weighted by Crippen LogP contribution is 2.17. The Labute approximate surface area is 118 Å². The standard InChI is InChI=1S/C14H20N4O2/c1-16-5-2-11(8-13(16)19)14(20)18-9-12(10-18)17-6-3-15-4-7-17/h2,5,8,12,15H,3-4,6-7,9-10H2,1H3. The van der Waals surface area contributed by atoms with E-state index in [2.05, 4.69) is 10.2 Å². The number of piperazine rings is 1. The van der Waals surface area contributed by atoms with Crippen LogP contribution >= 0.6 is 0 Å². The summed E-state index contributed by atoms with van der Waals surface area (Å²) in [5.41, 5.74) is 0.349. The van der Waals surface area contributed by atoms with Crippen LogP contribution in [0.1, 0.15) is 10.4 Å². The van der Waals surface area contributed by atoms with Crippen molar-refractivity contribution in [2.45, 2.75) is 6.04 Å². The van der Waals surface area contributed by atoms with E-state index in [0.29, 0.717) is 11.6 Å². The maximum Gasteiger partial charge on any atom is 0.254 e. The molecule has 1 N–H and O–H groups in total. The molecule has 0 atom stereocenters. The second-order valence-electron chi connectivity index (χ2n) is 5.51. The smallest absolute Gasteiger partial charge is 0.254 e. The van der Waals surface area contributed by atoms with Crippen molar-refractivity contribution in [2.75, 3.05) is 39.3 Å². The third kappa shape index (κ3) is 2.48. The Hall–Kier alpha value is -1.66. The van der Waals surface area contributed by atoms with Crippen molar-refractivity contribution in [3.05, 3.63) is 34.2 Å². The molecule has 1 amide bonds. The molecule has 108 valence electrons. The van der Waals surface area contributed by atoms with Crippen molar-refractivity contribution in [3.8, 4) is 0 Å². The van der Waals surface area contributed by atoms with E-state index in [0.717, 1.165) is 39.3 Å². The van der Waals surface area contributed by atoms with E-state index in [9.17, 15) is 9.59 Å². The van der Waals surface area contributed by atoms with Crippen LogP contribution < -0.4 is 10.9 Å². The highest BCUT2D eigenvalue weighted by molar-refractivity contribution is 5.94. The van der Waals surface area contributed by atoms with Crippen LogP contribution in [0.15, 0.2) is 23.1 Å². The summed E-state index contributed by atoms with van der Waals surface area (Å²) in [5.74, 6) is -0.0333. The molecule has 20 heavy (non-hydrogen) atoms. The van der Waals surface area contributed by atoms with Crippen molar-refractivity contribution < 1.29 is 4.79 Å². The molecule has 1 aromatic heterocycles. The van der Waals surface area contributed by atoms with Crippen molar-refractivity contribution >= 4 is 5.91 Å². The number of amides is 1. The van der Waals surface area contributed by atoms with Crippen molar-refractivity contribution in [3.63, 3.8) is 0 Å². The van der Waals surface area contributed by atoms with Gasteiger partial charge in [-0.2, -0.15) is 0 Å². The summed E-state index contributed by atoms with van der Waals surface area (Å²) >= 11 is 0. The number of aromatic nitrogens is 1. The van der Waals surface area contributed by atoms with Crippen LogP contribution in [0.2, 0.25) is 0 Å². The van der Waals surface area contributed by atoms with Gasteiger partial charge in [0.25, 0.3) is 11.5 Å². The normalized spacial score (nSPS) is 20.8. The summed E-state index contributed by atoms with van der Waals surface area (Å²) in [6.45, 7) is 5.71. The van der Waals surface area contributed by atoms with Crippen LogP contribution in [-0.4, -0.2) is 65.6 Å². The molecular weight excluding hydrogens is 256 g/mol. The van der Waals surface area contributed by atoms with Gasteiger partial charge in [0.15, 0.2) is 0 Å². The SMILES string of the molecule is Cn1ccc(C(=O)N2CC(N3CCNCC3)C2)cc1=O. The molecule has 6 heteroatoms. The lowest BCUT2D eigenvalue weighted by Gasteiger charge is -2.46. The van der Waals surface area contributed by atoms with Crippen molar-refractivity contribution in [1.82, 2.24) is 19.7 Å². The lowest BCUT2D eigenvalue weighted by molar-refractivity contribution is 0.0227. The maximum absolute atomic E-state index is 12.3. The highest BCUT2D eigenvalue weighted by Gasteiger charge is 2.35. The number of likely N-dealkylation sites (tertiary alicyclic amines) is 1. The number of hydrogen-bond donors (Lipinski definition) is 1. The summed E-state index contributed by atoms with van der Waals surface area (Å²) in [6.07, 6.45) is 1.64. The van der Waals surface area contributed by atoms with Crippen LogP contribution in [0.4, 0.5) is 0 Å². The van der Waals surface area contributed by atoms with Crippen LogP contribution in [0.3, 0.4) is 0 Å². The van der Waals surface area contributed by atoms with Crippen molar-refractivity contribution in [1.29, 1.82) is 0 Å². The van der Waals surface area contributed by atoms with Gasteiger partial charge in [-0.15, -0.1) is 0 Å². The molecule has 1 aromatic rings. The van der Waals surface area contributed by atoms with E-state index in [-0.39, 0.29) is 11.5 Å².